The van der Waals surface area contributed by atoms with Gasteiger partial charge in [0, 0.05) is 31.7 Å². The second kappa shape index (κ2) is 7.79. The van der Waals surface area contributed by atoms with E-state index in [1.165, 1.54) is 25.7 Å². The van der Waals surface area contributed by atoms with Crippen LogP contribution in [0.1, 0.15) is 51.4 Å². The number of β-amino-alcohol motifs (C(OH)–C–C–N with tert-alkyl or cyclic N) is 1. The normalized spacial score (nSPS) is 25.6. The number of piperidine rings is 2. The van der Waals surface area contributed by atoms with Crippen LogP contribution in [0.5, 0.6) is 0 Å². The van der Waals surface area contributed by atoms with Crippen molar-refractivity contribution >= 4 is 22.9 Å². The predicted octanol–water partition coefficient (Wildman–Crippen LogP) is 1.79. The molecular weight excluding hydrogens is 358 g/mol. The maximum atomic E-state index is 9.99. The van der Waals surface area contributed by atoms with Crippen LogP contribution >= 0.6 is 0 Å². The molecule has 9 nitrogen and oxygen atoms in total. The third-order valence-corrected chi connectivity index (χ3v) is 6.50. The van der Waals surface area contributed by atoms with Gasteiger partial charge in [0.25, 0.3) is 0 Å². The lowest BCUT2D eigenvalue weighted by atomic mass is 9.99. The Labute approximate surface area is 164 Å². The van der Waals surface area contributed by atoms with Crippen LogP contribution in [-0.2, 0) is 0 Å². The van der Waals surface area contributed by atoms with Crippen molar-refractivity contribution in [1.29, 1.82) is 0 Å². The highest BCUT2D eigenvalue weighted by molar-refractivity contribution is 5.74. The highest BCUT2D eigenvalue weighted by Gasteiger charge is 2.30. The molecule has 4 heterocycles. The van der Waals surface area contributed by atoms with Crippen LogP contribution in [0.2, 0.25) is 0 Å². The number of nitrogens with zero attached hydrogens (tertiary/aromatic N) is 6. The van der Waals surface area contributed by atoms with Gasteiger partial charge in [-0.05, 0) is 55.4 Å². The Hall–Kier alpha value is -2.00. The summed E-state index contributed by atoms with van der Waals surface area (Å²) in [5.41, 5.74) is 0.926. The van der Waals surface area contributed by atoms with Gasteiger partial charge in [-0.2, -0.15) is 0 Å². The van der Waals surface area contributed by atoms with Crippen molar-refractivity contribution in [3.05, 3.63) is 0 Å². The van der Waals surface area contributed by atoms with E-state index in [9.17, 15) is 5.11 Å². The Kier molecular flexibility index (Phi) is 5.02. The monoisotopic (exact) mass is 387 g/mol. The largest absolute Gasteiger partial charge is 0.392 e. The van der Waals surface area contributed by atoms with Gasteiger partial charge in [-0.1, -0.05) is 12.8 Å². The van der Waals surface area contributed by atoms with Gasteiger partial charge in [0.15, 0.2) is 11.6 Å². The zero-order valence-electron chi connectivity index (χ0n) is 16.3. The van der Waals surface area contributed by atoms with E-state index >= 15 is 0 Å². The summed E-state index contributed by atoms with van der Waals surface area (Å²) in [6, 6.07) is 1.00. The van der Waals surface area contributed by atoms with Crippen LogP contribution in [0, 0.1) is 0 Å². The standard InChI is InChI=1S/C19H29N7O2/c27-15-6-3-9-26(12-15)14-7-10-25(11-8-14)19-18(20-13-4-1-2-5-13)21-16-17(22-19)24-28-23-16/h13-15,27H,1-12H2,(H,20,21,23). The lowest BCUT2D eigenvalue weighted by Crippen LogP contribution is -2.50. The average Bonchev–Trinajstić information content (AvgIpc) is 3.39. The van der Waals surface area contributed by atoms with E-state index in [-0.39, 0.29) is 6.10 Å². The number of aliphatic hydroxyl groups excluding tert-OH is 1. The molecule has 1 saturated carbocycles. The summed E-state index contributed by atoms with van der Waals surface area (Å²) in [6.45, 7) is 3.78. The number of hydrogen-bond acceptors (Lipinski definition) is 9. The van der Waals surface area contributed by atoms with Gasteiger partial charge < -0.3 is 15.3 Å². The fraction of sp³-hybridized carbons (Fsp3) is 0.789. The molecule has 0 aromatic carbocycles. The lowest BCUT2D eigenvalue weighted by molar-refractivity contribution is 0.0398. The Balaban J connectivity index is 1.32. The van der Waals surface area contributed by atoms with E-state index < -0.39 is 0 Å². The molecule has 28 heavy (non-hydrogen) atoms. The number of likely N-dealkylation sites (tertiary alicyclic amines) is 1. The van der Waals surface area contributed by atoms with Crippen molar-refractivity contribution in [3.63, 3.8) is 0 Å². The molecule has 1 aliphatic carbocycles. The van der Waals surface area contributed by atoms with Crippen molar-refractivity contribution < 1.29 is 9.74 Å². The number of anilines is 2. The minimum absolute atomic E-state index is 0.165. The molecular formula is C19H29N7O2. The topological polar surface area (TPSA) is 103 Å². The third kappa shape index (κ3) is 3.65. The average molecular weight is 387 g/mol. The first-order valence-corrected chi connectivity index (χ1v) is 10.7. The second-order valence-corrected chi connectivity index (χ2v) is 8.44. The number of aromatic nitrogens is 4. The second-order valence-electron chi connectivity index (χ2n) is 8.44. The zero-order valence-corrected chi connectivity index (χ0v) is 16.3. The SMILES string of the molecule is OC1CCCN(C2CCN(c3nc4nonc4nc3NC3CCCC3)CC2)C1. The van der Waals surface area contributed by atoms with E-state index in [0.717, 1.165) is 63.5 Å². The van der Waals surface area contributed by atoms with Crippen molar-refractivity contribution in [2.45, 2.75) is 69.6 Å². The molecule has 0 spiro atoms. The maximum Gasteiger partial charge on any atom is 0.245 e. The summed E-state index contributed by atoms with van der Waals surface area (Å²) in [4.78, 5) is 14.2. The molecule has 152 valence electrons. The summed E-state index contributed by atoms with van der Waals surface area (Å²) in [5.74, 6) is 1.68. The lowest BCUT2D eigenvalue weighted by Gasteiger charge is -2.41. The predicted molar refractivity (Wildman–Crippen MR) is 105 cm³/mol. The molecule has 3 fully saturated rings. The highest BCUT2D eigenvalue weighted by Crippen LogP contribution is 2.31. The van der Waals surface area contributed by atoms with Crippen LogP contribution in [0.4, 0.5) is 11.6 Å². The van der Waals surface area contributed by atoms with E-state index in [1.807, 2.05) is 0 Å². The van der Waals surface area contributed by atoms with Crippen LogP contribution in [0.3, 0.4) is 0 Å². The molecule has 1 atom stereocenters. The summed E-state index contributed by atoms with van der Waals surface area (Å²) >= 11 is 0. The Bertz CT molecular complexity index is 799. The van der Waals surface area contributed by atoms with Gasteiger partial charge in [0.1, 0.15) is 0 Å². The molecule has 2 aliphatic heterocycles. The molecule has 5 rings (SSSR count). The van der Waals surface area contributed by atoms with E-state index in [4.69, 9.17) is 9.61 Å². The first-order chi connectivity index (χ1) is 13.8. The van der Waals surface area contributed by atoms with Gasteiger partial charge in [-0.25, -0.2) is 14.6 Å². The number of hydrogen-bond donors (Lipinski definition) is 2. The quantitative estimate of drug-likeness (QED) is 0.812. The number of fused-ring (bicyclic) bond motifs is 1. The minimum Gasteiger partial charge on any atom is -0.392 e. The number of rotatable bonds is 4. The van der Waals surface area contributed by atoms with Crippen molar-refractivity contribution in [2.24, 2.45) is 0 Å². The smallest absolute Gasteiger partial charge is 0.245 e. The van der Waals surface area contributed by atoms with Crippen LogP contribution in [0.15, 0.2) is 4.63 Å². The summed E-state index contributed by atoms with van der Waals surface area (Å²) < 4.78 is 4.84. The molecule has 2 N–H and O–H groups in total. The molecule has 9 heteroatoms. The number of nitrogens with one attached hydrogen (secondary N) is 1. The maximum absolute atomic E-state index is 9.99. The van der Waals surface area contributed by atoms with Crippen molar-refractivity contribution in [3.8, 4) is 0 Å². The summed E-state index contributed by atoms with van der Waals surface area (Å²) in [7, 11) is 0. The fourth-order valence-electron chi connectivity index (χ4n) is 4.97. The number of aliphatic hydroxyl groups is 1. The van der Waals surface area contributed by atoms with E-state index in [2.05, 4.69) is 30.4 Å². The van der Waals surface area contributed by atoms with Crippen LogP contribution < -0.4 is 10.2 Å². The molecule has 3 aliphatic rings. The first kappa shape index (κ1) is 18.1. The molecule has 2 aromatic heterocycles. The van der Waals surface area contributed by atoms with E-state index in [0.29, 0.717) is 23.4 Å². The summed E-state index contributed by atoms with van der Waals surface area (Å²) in [5, 5.41) is 21.4. The van der Waals surface area contributed by atoms with E-state index in [1.54, 1.807) is 0 Å². The van der Waals surface area contributed by atoms with Crippen molar-refractivity contribution in [1.82, 2.24) is 25.2 Å². The van der Waals surface area contributed by atoms with Gasteiger partial charge in [-0.3, -0.25) is 4.90 Å². The van der Waals surface area contributed by atoms with Gasteiger partial charge >= 0.3 is 0 Å². The molecule has 0 amide bonds. The highest BCUT2D eigenvalue weighted by atomic mass is 16.6. The zero-order chi connectivity index (χ0) is 18.9. The Morgan fingerprint density at radius 1 is 0.893 bits per heavy atom. The molecule has 0 radical (unpaired) electrons. The molecule has 1 unspecified atom stereocenters. The van der Waals surface area contributed by atoms with Crippen LogP contribution in [-0.4, -0.2) is 74.7 Å². The van der Waals surface area contributed by atoms with Crippen LogP contribution in [0.25, 0.3) is 11.3 Å². The van der Waals surface area contributed by atoms with Gasteiger partial charge in [0.2, 0.25) is 11.3 Å². The van der Waals surface area contributed by atoms with Gasteiger partial charge in [0.05, 0.1) is 6.10 Å². The molecule has 2 saturated heterocycles. The Morgan fingerprint density at radius 2 is 1.64 bits per heavy atom. The first-order valence-electron chi connectivity index (χ1n) is 10.7. The fourth-order valence-corrected chi connectivity index (χ4v) is 4.97. The minimum atomic E-state index is -0.165. The third-order valence-electron chi connectivity index (χ3n) is 6.50. The Morgan fingerprint density at radius 3 is 2.39 bits per heavy atom. The van der Waals surface area contributed by atoms with Gasteiger partial charge in [-0.15, -0.1) is 0 Å². The summed E-state index contributed by atoms with van der Waals surface area (Å²) in [6.07, 6.45) is 8.90. The van der Waals surface area contributed by atoms with Crippen molar-refractivity contribution in [2.75, 3.05) is 36.4 Å². The molecule has 0 bridgehead atoms. The molecule has 2 aromatic rings.